The quantitative estimate of drug-likeness (QED) is 0.245. The molecule has 4 N–H and O–H groups in total. The maximum atomic E-state index is 13.6. The van der Waals surface area contributed by atoms with Crippen LogP contribution in [-0.4, -0.2) is 48.1 Å². The van der Waals surface area contributed by atoms with Gasteiger partial charge >= 0.3 is 6.18 Å². The lowest BCUT2D eigenvalue weighted by Gasteiger charge is -2.11. The molecule has 0 bridgehead atoms. The van der Waals surface area contributed by atoms with Gasteiger partial charge in [0.1, 0.15) is 6.54 Å². The normalized spacial score (nSPS) is 11.3. The van der Waals surface area contributed by atoms with Gasteiger partial charge in [0.25, 0.3) is 12.9 Å². The van der Waals surface area contributed by atoms with E-state index in [9.17, 15) is 26.7 Å². The summed E-state index contributed by atoms with van der Waals surface area (Å²) in [5.41, 5.74) is 5.54. The number of carboxylic acid groups (broad SMARTS) is 1. The SMILES string of the molecule is CCc1cc(Nc2nccn3c(-c4cn(CC(F)F)nc4C(F)(F)F)cnc23)ccc1C(N)=O.O=CO. The van der Waals surface area contributed by atoms with Crippen LogP contribution in [0.1, 0.15) is 28.5 Å². The molecule has 196 valence electrons. The Bertz CT molecular complexity index is 1420. The van der Waals surface area contributed by atoms with E-state index in [-0.39, 0.29) is 23.6 Å². The zero-order valence-electron chi connectivity index (χ0n) is 19.1. The molecule has 0 saturated carbocycles. The lowest BCUT2D eigenvalue weighted by atomic mass is 10.0. The van der Waals surface area contributed by atoms with Crippen molar-refractivity contribution in [2.75, 3.05) is 5.32 Å². The topological polar surface area (TPSA) is 140 Å². The molecular weight excluding hydrogens is 505 g/mol. The Labute approximate surface area is 205 Å². The van der Waals surface area contributed by atoms with Crippen molar-refractivity contribution >= 4 is 29.5 Å². The molecule has 15 heteroatoms. The van der Waals surface area contributed by atoms with Gasteiger partial charge in [0, 0.05) is 29.8 Å². The van der Waals surface area contributed by atoms with Gasteiger partial charge in [0.2, 0.25) is 5.91 Å². The summed E-state index contributed by atoms with van der Waals surface area (Å²) in [6, 6.07) is 4.89. The number of nitrogens with one attached hydrogen (secondary N) is 1. The number of aryl methyl sites for hydroxylation is 1. The number of alkyl halides is 5. The first kappa shape index (κ1) is 27.0. The molecule has 3 heterocycles. The molecule has 0 unspecified atom stereocenters. The van der Waals surface area contributed by atoms with Crippen molar-refractivity contribution in [3.63, 3.8) is 0 Å². The Hall–Kier alpha value is -4.56. The maximum Gasteiger partial charge on any atom is 0.435 e. The number of benzene rings is 1. The zero-order chi connectivity index (χ0) is 27.3. The fourth-order valence-corrected chi connectivity index (χ4v) is 3.60. The van der Waals surface area contributed by atoms with Crippen LogP contribution in [0, 0.1) is 0 Å². The van der Waals surface area contributed by atoms with Gasteiger partial charge in [-0.3, -0.25) is 18.7 Å². The van der Waals surface area contributed by atoms with E-state index in [1.807, 2.05) is 6.92 Å². The van der Waals surface area contributed by atoms with Crippen molar-refractivity contribution in [2.45, 2.75) is 32.5 Å². The number of anilines is 2. The minimum absolute atomic E-state index is 0.00612. The van der Waals surface area contributed by atoms with Crippen molar-refractivity contribution in [3.8, 4) is 11.3 Å². The fourth-order valence-electron chi connectivity index (χ4n) is 3.60. The van der Waals surface area contributed by atoms with Crippen molar-refractivity contribution < 1.29 is 36.6 Å². The van der Waals surface area contributed by atoms with Gasteiger partial charge in [-0.2, -0.15) is 18.3 Å². The van der Waals surface area contributed by atoms with E-state index in [0.717, 1.165) is 6.20 Å². The number of imidazole rings is 1. The van der Waals surface area contributed by atoms with Gasteiger partial charge in [-0.05, 0) is 30.2 Å². The number of nitrogens with two attached hydrogens (primary N) is 1. The summed E-state index contributed by atoms with van der Waals surface area (Å²) < 4.78 is 68.1. The van der Waals surface area contributed by atoms with E-state index in [1.165, 1.54) is 23.0 Å². The molecule has 1 amide bonds. The fraction of sp³-hybridized carbons (Fsp3) is 0.227. The van der Waals surface area contributed by atoms with Gasteiger partial charge in [-0.25, -0.2) is 18.7 Å². The van der Waals surface area contributed by atoms with Crippen LogP contribution >= 0.6 is 0 Å². The molecule has 3 aromatic heterocycles. The van der Waals surface area contributed by atoms with Crippen LogP contribution in [0.15, 0.2) is 43.0 Å². The van der Waals surface area contributed by atoms with Gasteiger partial charge in [-0.15, -0.1) is 0 Å². The smallest absolute Gasteiger partial charge is 0.435 e. The minimum atomic E-state index is -4.86. The summed E-state index contributed by atoms with van der Waals surface area (Å²) >= 11 is 0. The van der Waals surface area contributed by atoms with Crippen molar-refractivity contribution in [2.24, 2.45) is 5.73 Å². The van der Waals surface area contributed by atoms with Gasteiger partial charge in [0.15, 0.2) is 17.2 Å². The third-order valence-corrected chi connectivity index (χ3v) is 5.07. The molecular formula is C22H20F5N7O3. The van der Waals surface area contributed by atoms with Crippen LogP contribution in [0.25, 0.3) is 16.9 Å². The lowest BCUT2D eigenvalue weighted by molar-refractivity contribution is -0.141. The second-order valence-corrected chi connectivity index (χ2v) is 7.44. The Kier molecular flexibility index (Phi) is 8.04. The number of fused-ring (bicyclic) bond motifs is 1. The number of hydrogen-bond acceptors (Lipinski definition) is 6. The van der Waals surface area contributed by atoms with Crippen LogP contribution in [0.3, 0.4) is 0 Å². The number of primary amides is 1. The first-order valence-electron chi connectivity index (χ1n) is 10.5. The highest BCUT2D eigenvalue weighted by Gasteiger charge is 2.38. The van der Waals surface area contributed by atoms with Gasteiger partial charge < -0.3 is 16.2 Å². The molecule has 0 aliphatic rings. The number of hydrogen-bond donors (Lipinski definition) is 3. The van der Waals surface area contributed by atoms with E-state index in [4.69, 9.17) is 15.6 Å². The first-order valence-corrected chi connectivity index (χ1v) is 10.5. The molecule has 0 fully saturated rings. The summed E-state index contributed by atoms with van der Waals surface area (Å²) in [4.78, 5) is 28.3. The van der Waals surface area contributed by atoms with Crippen LogP contribution in [0.4, 0.5) is 33.5 Å². The molecule has 4 rings (SSSR count). The Morgan fingerprint density at radius 1 is 1.27 bits per heavy atom. The first-order chi connectivity index (χ1) is 17.5. The summed E-state index contributed by atoms with van der Waals surface area (Å²) in [6.45, 7) is 0.632. The molecule has 0 spiro atoms. The van der Waals surface area contributed by atoms with Gasteiger partial charge in [-0.1, -0.05) is 6.92 Å². The molecule has 0 aliphatic heterocycles. The molecule has 0 saturated heterocycles. The van der Waals surface area contributed by atoms with Crippen LogP contribution in [-0.2, 0) is 23.9 Å². The highest BCUT2D eigenvalue weighted by Crippen LogP contribution is 2.37. The molecule has 0 atom stereocenters. The standard InChI is InChI=1S/C21H18F5N7O.CH2O2/c1-2-11-7-12(3-4-13(11)18(27)34)30-19-20-29-8-15(33(20)6-5-28-19)14-9-32(10-16(22)23)31-17(14)21(24,25)26;2-1-3/h3-9,16H,2,10H2,1H3,(H2,27,34)(H,28,30);1H,(H,2,3). The predicted molar refractivity (Wildman–Crippen MR) is 122 cm³/mol. The number of aromatic nitrogens is 5. The van der Waals surface area contributed by atoms with E-state index in [1.54, 1.807) is 18.2 Å². The Balaban J connectivity index is 0.00000121. The average molecular weight is 525 g/mol. The largest absolute Gasteiger partial charge is 0.483 e. The monoisotopic (exact) mass is 525 g/mol. The van der Waals surface area contributed by atoms with Gasteiger partial charge in [0.05, 0.1) is 17.5 Å². The van der Waals surface area contributed by atoms with Crippen LogP contribution in [0.5, 0.6) is 0 Å². The van der Waals surface area contributed by atoms with Crippen LogP contribution < -0.4 is 11.1 Å². The third-order valence-electron chi connectivity index (χ3n) is 5.07. The molecule has 37 heavy (non-hydrogen) atoms. The van der Waals surface area contributed by atoms with Crippen molar-refractivity contribution in [1.29, 1.82) is 0 Å². The van der Waals surface area contributed by atoms with Crippen LogP contribution in [0.2, 0.25) is 0 Å². The van der Waals surface area contributed by atoms with E-state index in [2.05, 4.69) is 20.4 Å². The number of amides is 1. The molecule has 4 aromatic rings. The van der Waals surface area contributed by atoms with Crippen molar-refractivity contribution in [3.05, 3.63) is 59.8 Å². The summed E-state index contributed by atoms with van der Waals surface area (Å²) in [7, 11) is 0. The average Bonchev–Trinajstić information content (AvgIpc) is 3.43. The maximum absolute atomic E-state index is 13.6. The number of halogens is 5. The highest BCUT2D eigenvalue weighted by atomic mass is 19.4. The van der Waals surface area contributed by atoms with E-state index < -0.39 is 36.3 Å². The molecule has 1 aromatic carbocycles. The second kappa shape index (κ2) is 11.0. The number of carbonyl (C=O) groups excluding carboxylic acids is 1. The highest BCUT2D eigenvalue weighted by molar-refractivity contribution is 5.95. The number of carbonyl (C=O) groups is 2. The molecule has 10 nitrogen and oxygen atoms in total. The summed E-state index contributed by atoms with van der Waals surface area (Å²) in [5.74, 6) is -0.328. The van der Waals surface area contributed by atoms with E-state index in [0.29, 0.717) is 27.9 Å². The molecule has 0 aliphatic carbocycles. The number of rotatable bonds is 7. The van der Waals surface area contributed by atoms with Crippen molar-refractivity contribution in [1.82, 2.24) is 24.1 Å². The second-order valence-electron chi connectivity index (χ2n) is 7.44. The third kappa shape index (κ3) is 5.99. The summed E-state index contributed by atoms with van der Waals surface area (Å²) in [5, 5.41) is 13.2. The zero-order valence-corrected chi connectivity index (χ0v) is 19.1. The lowest BCUT2D eigenvalue weighted by Crippen LogP contribution is -2.13. The predicted octanol–water partition coefficient (Wildman–Crippen LogP) is 3.98. The Morgan fingerprint density at radius 3 is 2.57 bits per heavy atom. The summed E-state index contributed by atoms with van der Waals surface area (Å²) in [6.07, 6.45) is -2.32. The Morgan fingerprint density at radius 2 is 1.97 bits per heavy atom. The molecule has 0 radical (unpaired) electrons. The number of nitrogens with zero attached hydrogens (tertiary/aromatic N) is 5. The minimum Gasteiger partial charge on any atom is -0.483 e. The van der Waals surface area contributed by atoms with E-state index >= 15 is 0 Å².